The Bertz CT molecular complexity index is 1300. The van der Waals surface area contributed by atoms with Gasteiger partial charge in [-0.05, 0) is 34.4 Å². The van der Waals surface area contributed by atoms with Crippen LogP contribution in [0.1, 0.15) is 45.1 Å². The van der Waals surface area contributed by atoms with Crippen molar-refractivity contribution in [1.82, 2.24) is 30.1 Å². The highest BCUT2D eigenvalue weighted by atomic mass is 16.2. The molecule has 2 aromatic carbocycles. The predicted molar refractivity (Wildman–Crippen MR) is 141 cm³/mol. The van der Waals surface area contributed by atoms with Gasteiger partial charge in [-0.25, -0.2) is 14.8 Å². The average Bonchev–Trinajstić information content (AvgIpc) is 3.26. The molecule has 9 nitrogen and oxygen atoms in total. The maximum atomic E-state index is 13.0. The summed E-state index contributed by atoms with van der Waals surface area (Å²) in [7, 11) is 0. The van der Waals surface area contributed by atoms with E-state index in [0.29, 0.717) is 12.1 Å². The highest BCUT2D eigenvalue weighted by Crippen LogP contribution is 2.30. The fourth-order valence-electron chi connectivity index (χ4n) is 5.66. The summed E-state index contributed by atoms with van der Waals surface area (Å²) >= 11 is 0. The van der Waals surface area contributed by atoms with Crippen molar-refractivity contribution < 1.29 is 14.4 Å². The molecule has 1 unspecified atom stereocenters. The van der Waals surface area contributed by atoms with Crippen LogP contribution in [-0.2, 0) is 17.9 Å². The average molecular weight is 511 g/mol. The minimum Gasteiger partial charge on any atom is -0.297 e. The number of carbonyl (C=O) groups excluding carboxylic acids is 3. The van der Waals surface area contributed by atoms with Gasteiger partial charge in [-0.3, -0.25) is 29.7 Å². The molecule has 4 heterocycles. The van der Waals surface area contributed by atoms with Crippen LogP contribution < -0.4 is 5.32 Å². The van der Waals surface area contributed by atoms with Gasteiger partial charge in [0, 0.05) is 57.1 Å². The number of aromatic nitrogens is 1. The van der Waals surface area contributed by atoms with Crippen molar-refractivity contribution in [1.29, 1.82) is 0 Å². The lowest BCUT2D eigenvalue weighted by Crippen LogP contribution is -2.56. The van der Waals surface area contributed by atoms with Crippen molar-refractivity contribution in [3.8, 4) is 0 Å². The lowest BCUT2D eigenvalue weighted by Gasteiger charge is -2.39. The summed E-state index contributed by atoms with van der Waals surface area (Å²) in [4.78, 5) is 46.1. The molecule has 0 bridgehead atoms. The molecule has 2 fully saturated rings. The molecule has 6 rings (SSSR count). The molecule has 1 N–H and O–H groups in total. The number of nitrogens with zero attached hydrogens (tertiary/aromatic N) is 5. The number of hydrogen-bond donors (Lipinski definition) is 1. The molecule has 1 aromatic heterocycles. The monoisotopic (exact) mass is 510 g/mol. The quantitative estimate of drug-likeness (QED) is 0.549. The fourth-order valence-corrected chi connectivity index (χ4v) is 5.66. The van der Waals surface area contributed by atoms with Gasteiger partial charge in [-0.15, -0.1) is 0 Å². The maximum absolute atomic E-state index is 13.0. The first-order valence-corrected chi connectivity index (χ1v) is 13.0. The van der Waals surface area contributed by atoms with E-state index in [9.17, 15) is 14.4 Å². The summed E-state index contributed by atoms with van der Waals surface area (Å²) in [6.07, 6.45) is 3.97. The largest absolute Gasteiger partial charge is 0.342 e. The molecule has 9 heteroatoms. The van der Waals surface area contributed by atoms with Crippen LogP contribution in [0.2, 0.25) is 0 Å². The Balaban J connectivity index is 1.11. The molecule has 0 radical (unpaired) electrons. The smallest absolute Gasteiger partial charge is 0.297 e. The van der Waals surface area contributed by atoms with Gasteiger partial charge in [0.1, 0.15) is 0 Å². The number of amides is 4. The predicted octanol–water partition coefficient (Wildman–Crippen LogP) is 2.80. The summed E-state index contributed by atoms with van der Waals surface area (Å²) in [5, 5.41) is 5.07. The number of carbonyl (C=O) groups is 3. The van der Waals surface area contributed by atoms with Crippen molar-refractivity contribution in [2.24, 2.45) is 0 Å². The number of benzene rings is 2. The zero-order chi connectivity index (χ0) is 26.1. The summed E-state index contributed by atoms with van der Waals surface area (Å²) in [5.74, 6) is -0.514. The Morgan fingerprint density at radius 1 is 0.842 bits per heavy atom. The first kappa shape index (κ1) is 24.3. The van der Waals surface area contributed by atoms with Crippen molar-refractivity contribution in [2.75, 3.05) is 32.7 Å². The van der Waals surface area contributed by atoms with E-state index >= 15 is 0 Å². The van der Waals surface area contributed by atoms with E-state index in [-0.39, 0.29) is 30.8 Å². The van der Waals surface area contributed by atoms with Crippen molar-refractivity contribution in [3.63, 3.8) is 0 Å². The zero-order valence-corrected chi connectivity index (χ0v) is 21.1. The zero-order valence-electron chi connectivity index (χ0n) is 21.1. The summed E-state index contributed by atoms with van der Waals surface area (Å²) < 4.78 is 0. The van der Waals surface area contributed by atoms with Crippen LogP contribution in [0.5, 0.6) is 0 Å². The number of fused-ring (bicyclic) bond motifs is 1. The molecule has 4 amide bonds. The third-order valence-electron chi connectivity index (χ3n) is 7.57. The van der Waals surface area contributed by atoms with Gasteiger partial charge in [0.05, 0.1) is 19.1 Å². The van der Waals surface area contributed by atoms with Crippen LogP contribution in [0.25, 0.3) is 0 Å². The van der Waals surface area contributed by atoms with Crippen molar-refractivity contribution >= 4 is 17.8 Å². The van der Waals surface area contributed by atoms with Crippen LogP contribution in [0, 0.1) is 0 Å². The topological polar surface area (TPSA) is 89.1 Å². The fraction of sp³-hybridized carbons (Fsp3) is 0.310. The van der Waals surface area contributed by atoms with Crippen LogP contribution in [0.3, 0.4) is 0 Å². The minimum absolute atomic E-state index is 0.173. The number of imide groups is 1. The molecule has 194 valence electrons. The first-order valence-electron chi connectivity index (χ1n) is 13.0. The number of hydrogen-bond acceptors (Lipinski definition) is 6. The number of piperazine rings is 1. The normalized spacial score (nSPS) is 19.4. The second-order valence-electron chi connectivity index (χ2n) is 9.99. The van der Waals surface area contributed by atoms with E-state index < -0.39 is 6.03 Å². The maximum Gasteiger partial charge on any atom is 0.342 e. The molecule has 38 heavy (non-hydrogen) atoms. The number of hydrazine groups is 1. The van der Waals surface area contributed by atoms with E-state index in [2.05, 4.69) is 56.5 Å². The molecule has 0 saturated carbocycles. The minimum atomic E-state index is -0.541. The highest BCUT2D eigenvalue weighted by Gasteiger charge is 2.37. The van der Waals surface area contributed by atoms with Crippen LogP contribution in [0.4, 0.5) is 4.79 Å². The summed E-state index contributed by atoms with van der Waals surface area (Å²) in [6.45, 7) is 5.10. The van der Waals surface area contributed by atoms with Gasteiger partial charge in [0.25, 0.3) is 5.91 Å². The van der Waals surface area contributed by atoms with Gasteiger partial charge in [0.2, 0.25) is 5.91 Å². The Morgan fingerprint density at radius 3 is 2.37 bits per heavy atom. The van der Waals surface area contributed by atoms with Gasteiger partial charge < -0.3 is 0 Å². The summed E-state index contributed by atoms with van der Waals surface area (Å²) in [5.41, 5.74) is 5.15. The van der Waals surface area contributed by atoms with Gasteiger partial charge >= 0.3 is 6.03 Å². The van der Waals surface area contributed by atoms with E-state index in [4.69, 9.17) is 0 Å². The second-order valence-corrected chi connectivity index (χ2v) is 9.99. The molecule has 3 aromatic rings. The summed E-state index contributed by atoms with van der Waals surface area (Å²) in [6, 6.07) is 20.3. The second kappa shape index (κ2) is 10.4. The highest BCUT2D eigenvalue weighted by molar-refractivity contribution is 6.01. The molecule has 2 saturated heterocycles. The molecular formula is C29H30N6O3. The standard InChI is InChI=1S/C29H30N6O3/c36-26-10-12-34(29(38)31-26)35-20-24-17-21(8-9-25(24)28(35)37)19-32-13-15-33(16-14-32)27(22-5-2-1-3-6-22)23-7-4-11-30-18-23/h1-9,11,17-18,27H,10,12-16,19-20H2,(H,31,36,38). The molecule has 0 aliphatic carbocycles. The van der Waals surface area contributed by atoms with Crippen LogP contribution in [-0.4, -0.2) is 75.4 Å². The SMILES string of the molecule is O=C1CCN(N2Cc3cc(CN4CCN(C(c5ccccc5)c5cccnc5)CC4)ccc3C2=O)C(=O)N1. The Morgan fingerprint density at radius 2 is 1.63 bits per heavy atom. The van der Waals surface area contributed by atoms with E-state index in [1.807, 2.05) is 36.7 Å². The van der Waals surface area contributed by atoms with Crippen molar-refractivity contribution in [3.05, 3.63) is 101 Å². The van der Waals surface area contributed by atoms with Crippen LogP contribution in [0.15, 0.2) is 73.1 Å². The van der Waals surface area contributed by atoms with Gasteiger partial charge in [0.15, 0.2) is 0 Å². The number of pyridine rings is 1. The van der Waals surface area contributed by atoms with E-state index in [1.54, 1.807) is 0 Å². The number of urea groups is 1. The Kier molecular flexibility index (Phi) is 6.61. The first-order chi connectivity index (χ1) is 18.6. The van der Waals surface area contributed by atoms with Crippen LogP contribution >= 0.6 is 0 Å². The molecular weight excluding hydrogens is 480 g/mol. The Labute approximate surface area is 221 Å². The third-order valence-corrected chi connectivity index (χ3v) is 7.57. The van der Waals surface area contributed by atoms with Gasteiger partial charge in [-0.2, -0.15) is 0 Å². The molecule has 3 aliphatic rings. The van der Waals surface area contributed by atoms with E-state index in [0.717, 1.165) is 43.9 Å². The molecule has 0 spiro atoms. The van der Waals surface area contributed by atoms with Gasteiger partial charge in [-0.1, -0.05) is 48.5 Å². The Hall–Kier alpha value is -4.08. The lowest BCUT2D eigenvalue weighted by molar-refractivity contribution is -0.123. The molecule has 1 atom stereocenters. The third kappa shape index (κ3) is 4.78. The lowest BCUT2D eigenvalue weighted by atomic mass is 9.97. The van der Waals surface area contributed by atoms with Crippen molar-refractivity contribution in [2.45, 2.75) is 25.6 Å². The van der Waals surface area contributed by atoms with E-state index in [1.165, 1.54) is 21.1 Å². The molecule has 3 aliphatic heterocycles. The number of rotatable bonds is 6. The number of nitrogens with one attached hydrogen (secondary N) is 1.